The standard InChI is InChI=1S/C17H19ClIN/c1-2-10-20-17(14-4-3-5-16(19)12-14)11-13-6-8-15(18)9-7-13/h3-9,12,17,20H,2,10-11H2,1H3. The molecule has 0 bridgehead atoms. The third kappa shape index (κ3) is 4.76. The first-order valence-corrected chi connectivity index (χ1v) is 8.38. The van der Waals surface area contributed by atoms with Gasteiger partial charge in [0.1, 0.15) is 0 Å². The molecule has 0 amide bonds. The summed E-state index contributed by atoms with van der Waals surface area (Å²) in [5.74, 6) is 0. The Hall–Kier alpha value is -0.580. The highest BCUT2D eigenvalue weighted by molar-refractivity contribution is 14.1. The Morgan fingerprint density at radius 1 is 1.15 bits per heavy atom. The first-order valence-electron chi connectivity index (χ1n) is 6.92. The molecule has 2 aromatic rings. The summed E-state index contributed by atoms with van der Waals surface area (Å²) in [5.41, 5.74) is 2.65. The molecule has 0 fully saturated rings. The minimum Gasteiger partial charge on any atom is -0.310 e. The maximum atomic E-state index is 5.95. The van der Waals surface area contributed by atoms with Crippen molar-refractivity contribution >= 4 is 34.2 Å². The van der Waals surface area contributed by atoms with Crippen LogP contribution in [0.3, 0.4) is 0 Å². The molecule has 0 spiro atoms. The molecule has 0 aliphatic carbocycles. The van der Waals surface area contributed by atoms with Crippen LogP contribution in [0, 0.1) is 3.57 Å². The quantitative estimate of drug-likeness (QED) is 0.656. The summed E-state index contributed by atoms with van der Waals surface area (Å²) < 4.78 is 1.28. The summed E-state index contributed by atoms with van der Waals surface area (Å²) >= 11 is 8.32. The molecule has 0 heterocycles. The lowest BCUT2D eigenvalue weighted by Gasteiger charge is -2.19. The van der Waals surface area contributed by atoms with Crippen molar-refractivity contribution in [1.82, 2.24) is 5.32 Å². The Morgan fingerprint density at radius 2 is 1.90 bits per heavy atom. The molecule has 1 atom stereocenters. The molecule has 0 saturated carbocycles. The van der Waals surface area contributed by atoms with Gasteiger partial charge in [-0.15, -0.1) is 0 Å². The van der Waals surface area contributed by atoms with E-state index in [4.69, 9.17) is 11.6 Å². The van der Waals surface area contributed by atoms with E-state index in [0.29, 0.717) is 6.04 Å². The van der Waals surface area contributed by atoms with Gasteiger partial charge in [-0.3, -0.25) is 0 Å². The molecule has 0 aromatic heterocycles. The summed E-state index contributed by atoms with van der Waals surface area (Å²) in [6, 6.07) is 17.2. The van der Waals surface area contributed by atoms with Gasteiger partial charge < -0.3 is 5.32 Å². The number of hydrogen-bond donors (Lipinski definition) is 1. The van der Waals surface area contributed by atoms with E-state index in [0.717, 1.165) is 24.4 Å². The zero-order chi connectivity index (χ0) is 14.4. The van der Waals surface area contributed by atoms with E-state index in [2.05, 4.69) is 71.2 Å². The van der Waals surface area contributed by atoms with Crippen LogP contribution in [0.25, 0.3) is 0 Å². The van der Waals surface area contributed by atoms with Crippen molar-refractivity contribution in [2.45, 2.75) is 25.8 Å². The van der Waals surface area contributed by atoms with Crippen molar-refractivity contribution in [3.63, 3.8) is 0 Å². The molecule has 20 heavy (non-hydrogen) atoms. The molecule has 1 N–H and O–H groups in total. The molecule has 106 valence electrons. The predicted molar refractivity (Wildman–Crippen MR) is 95.3 cm³/mol. The lowest BCUT2D eigenvalue weighted by molar-refractivity contribution is 0.529. The van der Waals surface area contributed by atoms with Crippen LogP contribution >= 0.6 is 34.2 Å². The number of halogens is 2. The van der Waals surface area contributed by atoms with Crippen LogP contribution < -0.4 is 5.32 Å². The fourth-order valence-electron chi connectivity index (χ4n) is 2.21. The zero-order valence-electron chi connectivity index (χ0n) is 11.6. The second-order valence-corrected chi connectivity index (χ2v) is 6.57. The Balaban J connectivity index is 2.16. The van der Waals surface area contributed by atoms with Crippen LogP contribution in [-0.4, -0.2) is 6.54 Å². The molecule has 0 aliphatic heterocycles. The number of nitrogens with one attached hydrogen (secondary N) is 1. The Bertz CT molecular complexity index is 539. The van der Waals surface area contributed by atoms with Gasteiger partial charge in [-0.2, -0.15) is 0 Å². The van der Waals surface area contributed by atoms with E-state index in [-0.39, 0.29) is 0 Å². The number of benzene rings is 2. The minimum absolute atomic E-state index is 0.353. The van der Waals surface area contributed by atoms with E-state index < -0.39 is 0 Å². The first kappa shape index (κ1) is 15.8. The van der Waals surface area contributed by atoms with Crippen molar-refractivity contribution < 1.29 is 0 Å². The fourth-order valence-corrected chi connectivity index (χ4v) is 2.90. The molecule has 1 unspecified atom stereocenters. The summed E-state index contributed by atoms with van der Waals surface area (Å²) in [7, 11) is 0. The van der Waals surface area contributed by atoms with Gasteiger partial charge >= 0.3 is 0 Å². The fraction of sp³-hybridized carbons (Fsp3) is 0.294. The molecule has 0 saturated heterocycles. The van der Waals surface area contributed by atoms with Crippen LogP contribution in [0.5, 0.6) is 0 Å². The molecular formula is C17H19ClIN. The summed E-state index contributed by atoms with van der Waals surface area (Å²) in [6.07, 6.45) is 2.12. The number of rotatable bonds is 6. The maximum absolute atomic E-state index is 5.95. The summed E-state index contributed by atoms with van der Waals surface area (Å²) in [4.78, 5) is 0. The van der Waals surface area contributed by atoms with Crippen molar-refractivity contribution in [2.75, 3.05) is 6.54 Å². The van der Waals surface area contributed by atoms with Gasteiger partial charge in [-0.1, -0.05) is 42.8 Å². The van der Waals surface area contributed by atoms with Crippen LogP contribution in [0.15, 0.2) is 48.5 Å². The van der Waals surface area contributed by atoms with Gasteiger partial charge in [-0.25, -0.2) is 0 Å². The van der Waals surface area contributed by atoms with Gasteiger partial charge in [0.25, 0.3) is 0 Å². The topological polar surface area (TPSA) is 12.0 Å². The lowest BCUT2D eigenvalue weighted by Crippen LogP contribution is -2.24. The van der Waals surface area contributed by atoms with Crippen molar-refractivity contribution in [2.24, 2.45) is 0 Å². The molecule has 3 heteroatoms. The third-order valence-corrected chi connectivity index (χ3v) is 4.17. The highest BCUT2D eigenvalue weighted by Gasteiger charge is 2.11. The molecule has 1 nitrogen and oxygen atoms in total. The van der Waals surface area contributed by atoms with Crippen LogP contribution in [-0.2, 0) is 6.42 Å². The van der Waals surface area contributed by atoms with Crippen LogP contribution in [0.1, 0.15) is 30.5 Å². The smallest absolute Gasteiger partial charge is 0.0406 e. The lowest BCUT2D eigenvalue weighted by atomic mass is 9.99. The minimum atomic E-state index is 0.353. The second-order valence-electron chi connectivity index (χ2n) is 4.89. The highest BCUT2D eigenvalue weighted by atomic mass is 127. The molecule has 2 aromatic carbocycles. The van der Waals surface area contributed by atoms with E-state index >= 15 is 0 Å². The summed E-state index contributed by atoms with van der Waals surface area (Å²) in [6.45, 7) is 3.23. The Labute approximate surface area is 139 Å². The third-order valence-electron chi connectivity index (χ3n) is 3.24. The van der Waals surface area contributed by atoms with E-state index in [9.17, 15) is 0 Å². The zero-order valence-corrected chi connectivity index (χ0v) is 14.5. The molecule has 2 rings (SSSR count). The first-order chi connectivity index (χ1) is 9.69. The monoisotopic (exact) mass is 399 g/mol. The van der Waals surface area contributed by atoms with E-state index in [1.807, 2.05) is 12.1 Å². The van der Waals surface area contributed by atoms with Gasteiger partial charge in [0.2, 0.25) is 0 Å². The van der Waals surface area contributed by atoms with Crippen molar-refractivity contribution in [3.8, 4) is 0 Å². The normalized spacial score (nSPS) is 12.3. The Morgan fingerprint density at radius 3 is 2.55 bits per heavy atom. The van der Waals surface area contributed by atoms with E-state index in [1.54, 1.807) is 0 Å². The van der Waals surface area contributed by atoms with Gasteiger partial charge in [-0.05, 0) is 77.4 Å². The average molecular weight is 400 g/mol. The van der Waals surface area contributed by atoms with Gasteiger partial charge in [0, 0.05) is 14.6 Å². The highest BCUT2D eigenvalue weighted by Crippen LogP contribution is 2.21. The number of hydrogen-bond acceptors (Lipinski definition) is 1. The molecular weight excluding hydrogens is 381 g/mol. The van der Waals surface area contributed by atoms with Gasteiger partial charge in [0.15, 0.2) is 0 Å². The van der Waals surface area contributed by atoms with Crippen LogP contribution in [0.2, 0.25) is 5.02 Å². The summed E-state index contributed by atoms with van der Waals surface area (Å²) in [5, 5.41) is 4.43. The van der Waals surface area contributed by atoms with Crippen LogP contribution in [0.4, 0.5) is 0 Å². The largest absolute Gasteiger partial charge is 0.310 e. The predicted octanol–water partition coefficient (Wildman–Crippen LogP) is 5.23. The maximum Gasteiger partial charge on any atom is 0.0406 e. The molecule has 0 aliphatic rings. The second kappa shape index (κ2) is 8.01. The molecule has 0 radical (unpaired) electrons. The SMILES string of the molecule is CCCNC(Cc1ccc(Cl)cc1)c1cccc(I)c1. The van der Waals surface area contributed by atoms with Crippen molar-refractivity contribution in [1.29, 1.82) is 0 Å². The van der Waals surface area contributed by atoms with Crippen molar-refractivity contribution in [3.05, 3.63) is 68.3 Å². The van der Waals surface area contributed by atoms with Gasteiger partial charge in [0.05, 0.1) is 0 Å². The average Bonchev–Trinajstić information content (AvgIpc) is 2.45. The Kier molecular flexibility index (Phi) is 6.33. The van der Waals surface area contributed by atoms with E-state index in [1.165, 1.54) is 14.7 Å².